The first-order valence-corrected chi connectivity index (χ1v) is 8.53. The molecule has 2 fully saturated rings. The molecule has 0 aromatic carbocycles. The van der Waals surface area contributed by atoms with Crippen LogP contribution < -0.4 is 10.2 Å². The van der Waals surface area contributed by atoms with Crippen LogP contribution in [0.5, 0.6) is 0 Å². The number of sulfone groups is 1. The van der Waals surface area contributed by atoms with E-state index in [1.54, 1.807) is 16.2 Å². The molecule has 0 radical (unpaired) electrons. The molecule has 5 nitrogen and oxygen atoms in total. The van der Waals surface area contributed by atoms with Crippen LogP contribution in [0.15, 0.2) is 12.1 Å². The van der Waals surface area contributed by atoms with E-state index in [4.69, 9.17) is 0 Å². The van der Waals surface area contributed by atoms with E-state index in [0.717, 1.165) is 11.4 Å². The fourth-order valence-corrected chi connectivity index (χ4v) is 5.44. The van der Waals surface area contributed by atoms with E-state index in [-0.39, 0.29) is 29.6 Å². The Morgan fingerprint density at radius 2 is 2.22 bits per heavy atom. The number of nitrogens with zero attached hydrogens (tertiary/aromatic N) is 1. The molecule has 2 saturated heterocycles. The Hall–Kier alpha value is -1.08. The average molecular weight is 286 g/mol. The lowest BCUT2D eigenvalue weighted by Crippen LogP contribution is -2.36. The minimum absolute atomic E-state index is 0.0614. The summed E-state index contributed by atoms with van der Waals surface area (Å²) in [7, 11) is -3.02. The number of anilines is 1. The number of urea groups is 1. The van der Waals surface area contributed by atoms with Gasteiger partial charge in [-0.25, -0.2) is 13.2 Å². The maximum Gasteiger partial charge on any atom is 0.323 e. The van der Waals surface area contributed by atoms with Crippen molar-refractivity contribution in [2.24, 2.45) is 0 Å². The lowest BCUT2D eigenvalue weighted by atomic mass is 10.2. The highest BCUT2D eigenvalue weighted by atomic mass is 32.2. The molecule has 0 aliphatic carbocycles. The van der Waals surface area contributed by atoms with Crippen LogP contribution in [0, 0.1) is 0 Å². The van der Waals surface area contributed by atoms with Crippen LogP contribution in [0.2, 0.25) is 0 Å². The van der Waals surface area contributed by atoms with E-state index in [2.05, 4.69) is 12.2 Å². The smallest absolute Gasteiger partial charge is 0.323 e. The van der Waals surface area contributed by atoms with E-state index in [0.29, 0.717) is 0 Å². The Labute approximate surface area is 110 Å². The minimum atomic E-state index is -3.02. The van der Waals surface area contributed by atoms with Crippen LogP contribution in [0.1, 0.15) is 11.8 Å². The van der Waals surface area contributed by atoms with Gasteiger partial charge in [-0.15, -0.1) is 11.3 Å². The maximum absolute atomic E-state index is 11.9. The number of carbonyl (C=O) groups excluding carboxylic acids is 1. The molecule has 7 heteroatoms. The zero-order valence-electron chi connectivity index (χ0n) is 9.92. The number of aryl methyl sites for hydroxylation is 1. The molecule has 0 spiro atoms. The summed E-state index contributed by atoms with van der Waals surface area (Å²) in [5.41, 5.74) is 0. The SMILES string of the molecule is CCc1ccc(N2C(=O)N[C@H]3CS(=O)(=O)C[C@H]32)s1. The second-order valence-corrected chi connectivity index (χ2v) is 7.96. The van der Waals surface area contributed by atoms with Crippen LogP contribution >= 0.6 is 11.3 Å². The molecular formula is C11H14N2O3S2. The fourth-order valence-electron chi connectivity index (χ4n) is 2.55. The van der Waals surface area contributed by atoms with Crippen molar-refractivity contribution in [2.75, 3.05) is 16.4 Å². The quantitative estimate of drug-likeness (QED) is 0.825. The van der Waals surface area contributed by atoms with Crippen molar-refractivity contribution in [2.45, 2.75) is 25.4 Å². The van der Waals surface area contributed by atoms with Gasteiger partial charge in [-0.3, -0.25) is 4.90 Å². The Morgan fingerprint density at radius 3 is 2.89 bits per heavy atom. The largest absolute Gasteiger partial charge is 0.332 e. The predicted molar refractivity (Wildman–Crippen MR) is 70.9 cm³/mol. The van der Waals surface area contributed by atoms with Crippen molar-refractivity contribution in [3.63, 3.8) is 0 Å². The summed E-state index contributed by atoms with van der Waals surface area (Å²) in [5.74, 6) is 0.127. The standard InChI is InChI=1S/C11H14N2O3S2/c1-2-7-3-4-10(17-7)13-9-6-18(15,16)5-8(9)12-11(13)14/h3-4,8-9H,2,5-6H2,1H3,(H,12,14)/t8-,9+/m0/s1. The van der Waals surface area contributed by atoms with Gasteiger partial charge in [0.2, 0.25) is 0 Å². The van der Waals surface area contributed by atoms with Crippen molar-refractivity contribution in [3.05, 3.63) is 17.0 Å². The Kier molecular flexibility index (Phi) is 2.63. The molecule has 0 unspecified atom stereocenters. The Morgan fingerprint density at radius 1 is 1.44 bits per heavy atom. The van der Waals surface area contributed by atoms with Crippen LogP contribution in [0.4, 0.5) is 9.80 Å². The minimum Gasteiger partial charge on any atom is -0.332 e. The highest BCUT2D eigenvalue weighted by Gasteiger charge is 2.49. The zero-order chi connectivity index (χ0) is 12.9. The third-order valence-corrected chi connectivity index (χ3v) is 6.36. The van der Waals surface area contributed by atoms with Gasteiger partial charge in [0, 0.05) is 4.88 Å². The first-order valence-electron chi connectivity index (χ1n) is 5.89. The molecule has 18 heavy (non-hydrogen) atoms. The van der Waals surface area contributed by atoms with Gasteiger partial charge in [-0.1, -0.05) is 6.92 Å². The van der Waals surface area contributed by atoms with E-state index in [9.17, 15) is 13.2 Å². The van der Waals surface area contributed by atoms with Gasteiger partial charge in [0.25, 0.3) is 0 Å². The lowest BCUT2D eigenvalue weighted by Gasteiger charge is -2.18. The van der Waals surface area contributed by atoms with Gasteiger partial charge in [0.05, 0.1) is 28.6 Å². The van der Waals surface area contributed by atoms with E-state index in [1.165, 1.54) is 4.88 Å². The van der Waals surface area contributed by atoms with Crippen LogP contribution in [-0.2, 0) is 16.3 Å². The summed E-state index contributed by atoms with van der Waals surface area (Å²) >= 11 is 1.55. The molecular weight excluding hydrogens is 272 g/mol. The van der Waals surface area contributed by atoms with E-state index < -0.39 is 9.84 Å². The Balaban J connectivity index is 1.94. The van der Waals surface area contributed by atoms with Gasteiger partial charge >= 0.3 is 6.03 Å². The summed E-state index contributed by atoms with van der Waals surface area (Å²) < 4.78 is 23.2. The van der Waals surface area contributed by atoms with E-state index >= 15 is 0 Å². The van der Waals surface area contributed by atoms with Crippen molar-refractivity contribution >= 4 is 32.2 Å². The van der Waals surface area contributed by atoms with Crippen molar-refractivity contribution in [1.29, 1.82) is 0 Å². The molecule has 2 aliphatic rings. The third kappa shape index (κ3) is 1.81. The lowest BCUT2D eigenvalue weighted by molar-refractivity contribution is 0.251. The van der Waals surface area contributed by atoms with Gasteiger partial charge in [0.15, 0.2) is 9.84 Å². The second-order valence-electron chi connectivity index (χ2n) is 4.66. The number of hydrogen-bond acceptors (Lipinski definition) is 4. The zero-order valence-corrected chi connectivity index (χ0v) is 11.6. The molecule has 1 aromatic rings. The molecule has 3 rings (SSSR count). The maximum atomic E-state index is 11.9. The van der Waals surface area contributed by atoms with Crippen molar-refractivity contribution in [1.82, 2.24) is 5.32 Å². The van der Waals surface area contributed by atoms with Crippen LogP contribution in [-0.4, -0.2) is 38.0 Å². The van der Waals surface area contributed by atoms with Gasteiger partial charge in [-0.05, 0) is 18.6 Å². The van der Waals surface area contributed by atoms with E-state index in [1.807, 2.05) is 12.1 Å². The second kappa shape index (κ2) is 3.96. The number of hydrogen-bond donors (Lipinski definition) is 1. The molecule has 2 atom stereocenters. The number of rotatable bonds is 2. The molecule has 0 bridgehead atoms. The van der Waals surface area contributed by atoms with Gasteiger partial charge < -0.3 is 5.32 Å². The van der Waals surface area contributed by atoms with Gasteiger partial charge in [0.1, 0.15) is 0 Å². The first kappa shape index (κ1) is 12.0. The monoisotopic (exact) mass is 286 g/mol. The highest BCUT2D eigenvalue weighted by Crippen LogP contribution is 2.34. The van der Waals surface area contributed by atoms with Gasteiger partial charge in [-0.2, -0.15) is 0 Å². The summed E-state index contributed by atoms with van der Waals surface area (Å²) in [6.07, 6.45) is 0.923. The predicted octanol–water partition coefficient (Wildman–Crippen LogP) is 1.01. The summed E-state index contributed by atoms with van der Waals surface area (Å²) in [5, 5.41) is 3.60. The molecule has 2 aliphatic heterocycles. The molecule has 2 amide bonds. The van der Waals surface area contributed by atoms with Crippen LogP contribution in [0.25, 0.3) is 0 Å². The number of carbonyl (C=O) groups is 1. The van der Waals surface area contributed by atoms with Crippen molar-refractivity contribution in [3.8, 4) is 0 Å². The Bertz CT molecular complexity index is 593. The number of nitrogens with one attached hydrogen (secondary N) is 1. The first-order chi connectivity index (χ1) is 8.50. The summed E-state index contributed by atoms with van der Waals surface area (Å²) in [6.45, 7) is 2.06. The normalized spacial score (nSPS) is 29.4. The average Bonchev–Trinajstić information content (AvgIpc) is 2.90. The topological polar surface area (TPSA) is 66.5 Å². The highest BCUT2D eigenvalue weighted by molar-refractivity contribution is 7.91. The summed E-state index contributed by atoms with van der Waals surface area (Å²) in [6, 6.07) is 3.21. The molecule has 1 N–H and O–H groups in total. The number of fused-ring (bicyclic) bond motifs is 1. The molecule has 1 aromatic heterocycles. The summed E-state index contributed by atoms with van der Waals surface area (Å²) in [4.78, 5) is 14.7. The molecule has 0 saturated carbocycles. The molecule has 3 heterocycles. The number of amides is 2. The third-order valence-electron chi connectivity index (χ3n) is 3.42. The van der Waals surface area contributed by atoms with Crippen molar-refractivity contribution < 1.29 is 13.2 Å². The fraction of sp³-hybridized carbons (Fsp3) is 0.545. The van der Waals surface area contributed by atoms with Crippen LogP contribution in [0.3, 0.4) is 0 Å². The number of thiophene rings is 1. The molecule has 98 valence electrons.